The lowest BCUT2D eigenvalue weighted by Crippen LogP contribution is -2.32. The number of benzene rings is 1. The van der Waals surface area contributed by atoms with Crippen LogP contribution in [0.1, 0.15) is 39.2 Å². The van der Waals surface area contributed by atoms with Gasteiger partial charge < -0.3 is 5.32 Å². The largest absolute Gasteiger partial charge is 0.310 e. The first-order valence-corrected chi connectivity index (χ1v) is 6.15. The summed E-state index contributed by atoms with van der Waals surface area (Å²) in [4.78, 5) is 0. The van der Waals surface area contributed by atoms with Crippen LogP contribution in [-0.4, -0.2) is 6.04 Å². The minimum atomic E-state index is -0.119. The van der Waals surface area contributed by atoms with Crippen molar-refractivity contribution < 1.29 is 4.39 Å². The first-order valence-electron chi connectivity index (χ1n) is 6.15. The van der Waals surface area contributed by atoms with Crippen LogP contribution >= 0.6 is 0 Å². The lowest BCUT2D eigenvalue weighted by Gasteiger charge is -2.22. The van der Waals surface area contributed by atoms with Gasteiger partial charge in [-0.2, -0.15) is 0 Å². The quantitative estimate of drug-likeness (QED) is 0.774. The number of hydrogen-bond acceptors (Lipinski definition) is 1. The molecule has 1 N–H and O–H groups in total. The highest BCUT2D eigenvalue weighted by Crippen LogP contribution is 2.14. The summed E-state index contributed by atoms with van der Waals surface area (Å²) in [6, 6.07) is 7.39. The Labute approximate surface area is 98.1 Å². The molecule has 1 unspecified atom stereocenters. The predicted octanol–water partition coefficient (Wildman–Crippen LogP) is 3.74. The highest BCUT2D eigenvalue weighted by molar-refractivity contribution is 5.16. The van der Waals surface area contributed by atoms with Crippen LogP contribution in [0.5, 0.6) is 0 Å². The van der Waals surface area contributed by atoms with Gasteiger partial charge in [-0.25, -0.2) is 4.39 Å². The van der Waals surface area contributed by atoms with E-state index in [1.165, 1.54) is 18.9 Å². The Kier molecular flexibility index (Phi) is 5.47. The number of rotatable bonds is 6. The van der Waals surface area contributed by atoms with Crippen molar-refractivity contribution >= 4 is 0 Å². The van der Waals surface area contributed by atoms with Crippen molar-refractivity contribution in [1.29, 1.82) is 0 Å². The Bertz CT molecular complexity index is 307. The van der Waals surface area contributed by atoms with E-state index in [0.29, 0.717) is 18.5 Å². The SMILES string of the molecule is CCC(CC)C(C)NCc1ccccc1F. The zero-order valence-electron chi connectivity index (χ0n) is 10.5. The van der Waals surface area contributed by atoms with Crippen LogP contribution in [0, 0.1) is 11.7 Å². The average molecular weight is 223 g/mol. The molecule has 0 bridgehead atoms. The molecule has 1 aromatic rings. The van der Waals surface area contributed by atoms with Crippen molar-refractivity contribution in [2.75, 3.05) is 0 Å². The average Bonchev–Trinajstić information content (AvgIpc) is 2.29. The van der Waals surface area contributed by atoms with E-state index in [1.54, 1.807) is 6.07 Å². The van der Waals surface area contributed by atoms with Crippen LogP contribution in [0.3, 0.4) is 0 Å². The first kappa shape index (κ1) is 13.2. The minimum absolute atomic E-state index is 0.119. The van der Waals surface area contributed by atoms with Gasteiger partial charge in [0.05, 0.1) is 0 Å². The topological polar surface area (TPSA) is 12.0 Å². The molecule has 0 aliphatic carbocycles. The van der Waals surface area contributed by atoms with Crippen molar-refractivity contribution in [3.63, 3.8) is 0 Å². The molecule has 0 saturated carbocycles. The van der Waals surface area contributed by atoms with Crippen LogP contribution in [0.15, 0.2) is 24.3 Å². The normalized spacial score (nSPS) is 13.1. The molecule has 1 atom stereocenters. The van der Waals surface area contributed by atoms with Crippen molar-refractivity contribution in [1.82, 2.24) is 5.32 Å². The third kappa shape index (κ3) is 3.60. The summed E-state index contributed by atoms with van der Waals surface area (Å²) in [6.07, 6.45) is 2.34. The van der Waals surface area contributed by atoms with E-state index in [4.69, 9.17) is 0 Å². The maximum Gasteiger partial charge on any atom is 0.127 e. The van der Waals surface area contributed by atoms with Crippen molar-refractivity contribution in [2.45, 2.75) is 46.2 Å². The van der Waals surface area contributed by atoms with E-state index in [2.05, 4.69) is 26.1 Å². The summed E-state index contributed by atoms with van der Waals surface area (Å²) in [5, 5.41) is 3.40. The van der Waals surface area contributed by atoms with Gasteiger partial charge in [-0.15, -0.1) is 0 Å². The smallest absolute Gasteiger partial charge is 0.127 e. The summed E-state index contributed by atoms with van der Waals surface area (Å²) in [5.74, 6) is 0.554. The molecule has 0 spiro atoms. The predicted molar refractivity (Wildman–Crippen MR) is 66.8 cm³/mol. The highest BCUT2D eigenvalue weighted by Gasteiger charge is 2.13. The van der Waals surface area contributed by atoms with Crippen LogP contribution in [-0.2, 0) is 6.54 Å². The van der Waals surface area contributed by atoms with Gasteiger partial charge in [0.25, 0.3) is 0 Å². The molecule has 2 heteroatoms. The molecule has 1 rings (SSSR count). The number of hydrogen-bond donors (Lipinski definition) is 1. The molecule has 0 fully saturated rings. The molecule has 0 aliphatic heterocycles. The molecular weight excluding hydrogens is 201 g/mol. The molecular formula is C14H22FN. The summed E-state index contributed by atoms with van der Waals surface area (Å²) in [7, 11) is 0. The maximum absolute atomic E-state index is 13.4. The zero-order valence-corrected chi connectivity index (χ0v) is 10.5. The Balaban J connectivity index is 2.48. The summed E-state index contributed by atoms with van der Waals surface area (Å²) >= 11 is 0. The Morgan fingerprint density at radius 3 is 2.38 bits per heavy atom. The second kappa shape index (κ2) is 6.64. The lowest BCUT2D eigenvalue weighted by molar-refractivity contribution is 0.351. The van der Waals surface area contributed by atoms with Gasteiger partial charge in [0.1, 0.15) is 5.82 Å². The fraction of sp³-hybridized carbons (Fsp3) is 0.571. The van der Waals surface area contributed by atoms with Gasteiger partial charge >= 0.3 is 0 Å². The second-order valence-electron chi connectivity index (χ2n) is 4.34. The summed E-state index contributed by atoms with van der Waals surface area (Å²) in [6.45, 7) is 7.20. The number of halogens is 1. The van der Waals surface area contributed by atoms with E-state index in [-0.39, 0.29) is 5.82 Å². The zero-order chi connectivity index (χ0) is 12.0. The molecule has 0 aromatic heterocycles. The minimum Gasteiger partial charge on any atom is -0.310 e. The van der Waals surface area contributed by atoms with Crippen LogP contribution < -0.4 is 5.32 Å². The Hall–Kier alpha value is -0.890. The molecule has 0 aliphatic rings. The Morgan fingerprint density at radius 2 is 1.81 bits per heavy atom. The van der Waals surface area contributed by atoms with Gasteiger partial charge in [-0.3, -0.25) is 0 Å². The third-order valence-electron chi connectivity index (χ3n) is 3.33. The first-order chi connectivity index (χ1) is 7.69. The van der Waals surface area contributed by atoms with Gasteiger partial charge in [0, 0.05) is 18.2 Å². The van der Waals surface area contributed by atoms with E-state index < -0.39 is 0 Å². The van der Waals surface area contributed by atoms with E-state index in [0.717, 1.165) is 5.56 Å². The fourth-order valence-electron chi connectivity index (χ4n) is 2.08. The van der Waals surface area contributed by atoms with Gasteiger partial charge in [-0.05, 0) is 18.9 Å². The fourth-order valence-corrected chi connectivity index (χ4v) is 2.08. The van der Waals surface area contributed by atoms with E-state index in [1.807, 2.05) is 12.1 Å². The van der Waals surface area contributed by atoms with E-state index in [9.17, 15) is 4.39 Å². The second-order valence-corrected chi connectivity index (χ2v) is 4.34. The van der Waals surface area contributed by atoms with Crippen LogP contribution in [0.25, 0.3) is 0 Å². The molecule has 0 saturated heterocycles. The molecule has 1 aromatic carbocycles. The Morgan fingerprint density at radius 1 is 1.19 bits per heavy atom. The molecule has 0 amide bonds. The molecule has 90 valence electrons. The molecule has 16 heavy (non-hydrogen) atoms. The van der Waals surface area contributed by atoms with Crippen LogP contribution in [0.4, 0.5) is 4.39 Å². The van der Waals surface area contributed by atoms with Crippen molar-refractivity contribution in [2.24, 2.45) is 5.92 Å². The lowest BCUT2D eigenvalue weighted by atomic mass is 9.95. The van der Waals surface area contributed by atoms with Gasteiger partial charge in [0.2, 0.25) is 0 Å². The van der Waals surface area contributed by atoms with Crippen molar-refractivity contribution in [3.8, 4) is 0 Å². The standard InChI is InChI=1S/C14H22FN/c1-4-12(5-2)11(3)16-10-13-8-6-7-9-14(13)15/h6-9,11-12,16H,4-5,10H2,1-3H3. The maximum atomic E-state index is 13.4. The van der Waals surface area contributed by atoms with Crippen molar-refractivity contribution in [3.05, 3.63) is 35.6 Å². The van der Waals surface area contributed by atoms with E-state index >= 15 is 0 Å². The monoisotopic (exact) mass is 223 g/mol. The summed E-state index contributed by atoms with van der Waals surface area (Å²) in [5.41, 5.74) is 0.750. The summed E-state index contributed by atoms with van der Waals surface area (Å²) < 4.78 is 13.4. The van der Waals surface area contributed by atoms with Gasteiger partial charge in [0.15, 0.2) is 0 Å². The third-order valence-corrected chi connectivity index (χ3v) is 3.33. The number of nitrogens with one attached hydrogen (secondary N) is 1. The van der Waals surface area contributed by atoms with Gasteiger partial charge in [-0.1, -0.05) is 44.9 Å². The highest BCUT2D eigenvalue weighted by atomic mass is 19.1. The van der Waals surface area contributed by atoms with Crippen LogP contribution in [0.2, 0.25) is 0 Å². The molecule has 0 heterocycles. The molecule has 0 radical (unpaired) electrons. The molecule has 1 nitrogen and oxygen atoms in total.